The molecule has 0 aliphatic carbocycles. The number of aromatic nitrogens is 2. The van der Waals surface area contributed by atoms with Crippen LogP contribution in [0.3, 0.4) is 0 Å². The minimum absolute atomic E-state index is 0.269. The number of H-pyrrole nitrogens is 1. The Balaban J connectivity index is 2.26. The number of nitrogens with two attached hydrogens (primary N) is 1. The maximum Gasteiger partial charge on any atom is 0.258 e. The minimum atomic E-state index is -0.269. The normalized spacial score (nSPS) is 10.2. The van der Waals surface area contributed by atoms with Crippen molar-refractivity contribution in [2.75, 3.05) is 11.1 Å². The molecule has 0 saturated heterocycles. The fraction of sp³-hybridized carbons (Fsp3) is 0. The van der Waals surface area contributed by atoms with E-state index in [1.54, 1.807) is 12.1 Å². The van der Waals surface area contributed by atoms with Gasteiger partial charge in [0.15, 0.2) is 5.82 Å². The smallest absolute Gasteiger partial charge is 0.258 e. The molecular weight excluding hydrogens is 352 g/mol. The number of hydrogen-bond acceptors (Lipinski definition) is 3. The number of carbonyl (C=O) groups excluding carboxylic acids is 1. The summed E-state index contributed by atoms with van der Waals surface area (Å²) in [6.07, 6.45) is 1.44. The molecule has 1 amide bonds. The number of nitrogens with one attached hydrogen (secondary N) is 2. The minimum Gasteiger partial charge on any atom is -0.394 e. The number of halogens is 2. The third-order valence-electron chi connectivity index (χ3n) is 2.08. The molecule has 0 bridgehead atoms. The van der Waals surface area contributed by atoms with Crippen LogP contribution in [-0.4, -0.2) is 16.1 Å². The van der Waals surface area contributed by atoms with Crippen molar-refractivity contribution < 1.29 is 4.79 Å². The van der Waals surface area contributed by atoms with Crippen molar-refractivity contribution in [2.24, 2.45) is 0 Å². The van der Waals surface area contributed by atoms with Crippen molar-refractivity contribution >= 4 is 49.3 Å². The Morgan fingerprint density at radius 3 is 2.82 bits per heavy atom. The van der Waals surface area contributed by atoms with Crippen molar-refractivity contribution in [3.63, 3.8) is 0 Å². The zero-order valence-corrected chi connectivity index (χ0v) is 11.7. The van der Waals surface area contributed by atoms with Gasteiger partial charge in [0.25, 0.3) is 5.91 Å². The lowest BCUT2D eigenvalue weighted by atomic mass is 10.2. The van der Waals surface area contributed by atoms with Gasteiger partial charge in [-0.2, -0.15) is 5.10 Å². The highest BCUT2D eigenvalue weighted by molar-refractivity contribution is 9.11. The second kappa shape index (κ2) is 4.89. The largest absolute Gasteiger partial charge is 0.394 e. The van der Waals surface area contributed by atoms with Gasteiger partial charge in [0.2, 0.25) is 0 Å². The Bertz CT molecular complexity index is 567. The monoisotopic (exact) mass is 358 g/mol. The zero-order valence-electron chi connectivity index (χ0n) is 8.50. The molecule has 0 aliphatic heterocycles. The fourth-order valence-electron chi connectivity index (χ4n) is 1.25. The van der Waals surface area contributed by atoms with Crippen LogP contribution < -0.4 is 11.1 Å². The van der Waals surface area contributed by atoms with Crippen LogP contribution in [0.25, 0.3) is 0 Å². The predicted molar refractivity (Wildman–Crippen MR) is 72.8 cm³/mol. The van der Waals surface area contributed by atoms with Crippen LogP contribution in [0.2, 0.25) is 0 Å². The second-order valence-electron chi connectivity index (χ2n) is 3.28. The number of aromatic amines is 1. The average Bonchev–Trinajstić information content (AvgIpc) is 2.68. The summed E-state index contributed by atoms with van der Waals surface area (Å²) in [6, 6.07) is 5.34. The van der Waals surface area contributed by atoms with Crippen molar-refractivity contribution in [3.05, 3.63) is 38.9 Å². The topological polar surface area (TPSA) is 83.8 Å². The third-order valence-corrected chi connectivity index (χ3v) is 3.26. The summed E-state index contributed by atoms with van der Waals surface area (Å²) in [5.41, 5.74) is 6.51. The van der Waals surface area contributed by atoms with Crippen molar-refractivity contribution in [3.8, 4) is 0 Å². The number of hydrogen-bond donors (Lipinski definition) is 3. The van der Waals surface area contributed by atoms with Crippen LogP contribution in [0.15, 0.2) is 33.3 Å². The van der Waals surface area contributed by atoms with Gasteiger partial charge in [-0.3, -0.25) is 9.89 Å². The van der Waals surface area contributed by atoms with E-state index >= 15 is 0 Å². The molecular formula is C10H8Br2N4O. The van der Waals surface area contributed by atoms with E-state index in [-0.39, 0.29) is 5.91 Å². The molecule has 0 atom stereocenters. The maximum absolute atomic E-state index is 12.0. The molecule has 0 saturated carbocycles. The molecule has 0 unspecified atom stereocenters. The van der Waals surface area contributed by atoms with Gasteiger partial charge in [-0.15, -0.1) is 0 Å². The van der Waals surface area contributed by atoms with Gasteiger partial charge in [-0.25, -0.2) is 0 Å². The second-order valence-corrected chi connectivity index (χ2v) is 5.05. The molecule has 4 N–H and O–H groups in total. The maximum atomic E-state index is 12.0. The van der Waals surface area contributed by atoms with Crippen LogP contribution in [0.4, 0.5) is 11.5 Å². The summed E-state index contributed by atoms with van der Waals surface area (Å²) in [4.78, 5) is 12.0. The first-order chi connectivity index (χ1) is 8.08. The number of anilines is 2. The van der Waals surface area contributed by atoms with Gasteiger partial charge in [0.1, 0.15) is 0 Å². The van der Waals surface area contributed by atoms with Crippen LogP contribution in [0.5, 0.6) is 0 Å². The SMILES string of the molecule is Nc1cn[nH]c1NC(=O)c1cc(Br)ccc1Br. The number of carbonyl (C=O) groups is 1. The van der Waals surface area contributed by atoms with Crippen LogP contribution in [-0.2, 0) is 0 Å². The van der Waals surface area contributed by atoms with Crippen molar-refractivity contribution in [1.82, 2.24) is 10.2 Å². The Morgan fingerprint density at radius 2 is 2.18 bits per heavy atom. The molecule has 7 heteroatoms. The lowest BCUT2D eigenvalue weighted by molar-refractivity contribution is 0.102. The summed E-state index contributed by atoms with van der Waals surface area (Å²) in [6.45, 7) is 0. The highest BCUT2D eigenvalue weighted by Gasteiger charge is 2.12. The van der Waals surface area contributed by atoms with Crippen LogP contribution in [0, 0.1) is 0 Å². The molecule has 2 rings (SSSR count). The van der Waals surface area contributed by atoms with E-state index < -0.39 is 0 Å². The van der Waals surface area contributed by atoms with E-state index in [2.05, 4.69) is 47.4 Å². The Kier molecular flexibility index (Phi) is 3.49. The van der Waals surface area contributed by atoms with Gasteiger partial charge in [-0.05, 0) is 34.1 Å². The van der Waals surface area contributed by atoms with Crippen LogP contribution in [0.1, 0.15) is 10.4 Å². The van der Waals surface area contributed by atoms with Gasteiger partial charge in [-0.1, -0.05) is 15.9 Å². The predicted octanol–water partition coefficient (Wildman–Crippen LogP) is 2.77. The molecule has 17 heavy (non-hydrogen) atoms. The molecule has 0 aliphatic rings. The quantitative estimate of drug-likeness (QED) is 0.770. The summed E-state index contributed by atoms with van der Waals surface area (Å²) < 4.78 is 1.53. The molecule has 88 valence electrons. The zero-order chi connectivity index (χ0) is 12.4. The number of benzene rings is 1. The molecule has 0 fully saturated rings. The molecule has 2 aromatic rings. The van der Waals surface area contributed by atoms with Gasteiger partial charge < -0.3 is 11.1 Å². The summed E-state index contributed by atoms with van der Waals surface area (Å²) in [7, 11) is 0. The highest BCUT2D eigenvalue weighted by Crippen LogP contribution is 2.23. The standard InChI is InChI=1S/C10H8Br2N4O/c11-5-1-2-7(12)6(3-5)10(17)15-9-8(13)4-14-16-9/h1-4H,13H2,(H2,14,15,16,17). The molecule has 1 aromatic heterocycles. The lowest BCUT2D eigenvalue weighted by Gasteiger charge is -2.06. The van der Waals surface area contributed by atoms with E-state index in [1.807, 2.05) is 6.07 Å². The Hall–Kier alpha value is -1.34. The van der Waals surface area contributed by atoms with Gasteiger partial charge in [0, 0.05) is 8.95 Å². The van der Waals surface area contributed by atoms with E-state index in [0.29, 0.717) is 21.5 Å². The first kappa shape index (κ1) is 12.1. The lowest BCUT2D eigenvalue weighted by Crippen LogP contribution is -2.13. The molecule has 5 nitrogen and oxygen atoms in total. The highest BCUT2D eigenvalue weighted by atomic mass is 79.9. The molecule has 1 aromatic carbocycles. The van der Waals surface area contributed by atoms with E-state index in [4.69, 9.17) is 5.73 Å². The van der Waals surface area contributed by atoms with Crippen molar-refractivity contribution in [2.45, 2.75) is 0 Å². The first-order valence-corrected chi connectivity index (χ1v) is 6.22. The summed E-state index contributed by atoms with van der Waals surface area (Å²) >= 11 is 6.63. The number of amides is 1. The van der Waals surface area contributed by atoms with Gasteiger partial charge >= 0.3 is 0 Å². The van der Waals surface area contributed by atoms with E-state index in [9.17, 15) is 4.79 Å². The third kappa shape index (κ3) is 2.67. The number of rotatable bonds is 2. The molecule has 1 heterocycles. The van der Waals surface area contributed by atoms with Crippen LogP contribution >= 0.6 is 31.9 Å². The average molecular weight is 360 g/mol. The Morgan fingerprint density at radius 1 is 1.41 bits per heavy atom. The number of nitrogens with zero attached hydrogens (tertiary/aromatic N) is 1. The molecule has 0 spiro atoms. The Labute approximate surface area is 114 Å². The van der Waals surface area contributed by atoms with Crippen molar-refractivity contribution in [1.29, 1.82) is 0 Å². The summed E-state index contributed by atoms with van der Waals surface area (Å²) in [5, 5.41) is 8.97. The van der Waals surface area contributed by atoms with Gasteiger partial charge in [0.05, 0.1) is 17.4 Å². The van der Waals surface area contributed by atoms with E-state index in [1.165, 1.54) is 6.20 Å². The first-order valence-electron chi connectivity index (χ1n) is 4.63. The number of nitrogen functional groups attached to an aromatic ring is 1. The molecule has 0 radical (unpaired) electrons. The van der Waals surface area contributed by atoms with E-state index in [0.717, 1.165) is 4.47 Å². The summed E-state index contributed by atoms with van der Waals surface area (Å²) in [5.74, 6) is 0.121. The fourth-order valence-corrected chi connectivity index (χ4v) is 2.04.